The number of carbonyl (C=O) groups excluding carboxylic acids is 2. The largest absolute Gasteiger partial charge is 0.466 e. The molecule has 2 N–H and O–H groups in total. The monoisotopic (exact) mass is 545 g/mol. The van der Waals surface area contributed by atoms with Crippen LogP contribution in [0.2, 0.25) is 5.02 Å². The summed E-state index contributed by atoms with van der Waals surface area (Å²) in [6.45, 7) is 1.94. The molecule has 0 unspecified atom stereocenters. The highest BCUT2D eigenvalue weighted by Gasteiger charge is 2.20. The molecule has 34 heavy (non-hydrogen) atoms. The highest BCUT2D eigenvalue weighted by molar-refractivity contribution is 7.92. The summed E-state index contributed by atoms with van der Waals surface area (Å²) in [5.41, 5.74) is 0.494. The fraction of sp³-hybridized carbons (Fsp3) is 0.250. The molecule has 0 radical (unpaired) electrons. The minimum absolute atomic E-state index is 0.0406. The van der Waals surface area contributed by atoms with Crippen LogP contribution in [0.25, 0.3) is 10.2 Å². The number of aryl methyl sites for hydroxylation is 1. The van der Waals surface area contributed by atoms with Crippen LogP contribution in [0.3, 0.4) is 0 Å². The van der Waals surface area contributed by atoms with Gasteiger partial charge in [0, 0.05) is 11.6 Å². The number of hydrogen-bond acceptors (Lipinski definition) is 8. The van der Waals surface area contributed by atoms with Crippen molar-refractivity contribution in [3.05, 3.63) is 52.3 Å². The van der Waals surface area contributed by atoms with Gasteiger partial charge in [0.15, 0.2) is 14.6 Å². The minimum atomic E-state index is -3.97. The fourth-order valence-corrected chi connectivity index (χ4v) is 5.96. The summed E-state index contributed by atoms with van der Waals surface area (Å²) in [7, 11) is -7.95. The number of sulfone groups is 1. The van der Waals surface area contributed by atoms with Crippen molar-refractivity contribution in [3.8, 4) is 0 Å². The number of benzene rings is 2. The predicted molar refractivity (Wildman–Crippen MR) is 127 cm³/mol. The number of rotatable bonds is 8. The van der Waals surface area contributed by atoms with E-state index in [2.05, 4.69) is 4.99 Å². The predicted octanol–water partition coefficient (Wildman–Crippen LogP) is 1.86. The lowest BCUT2D eigenvalue weighted by Gasteiger charge is -2.06. The summed E-state index contributed by atoms with van der Waals surface area (Å²) in [6.07, 6.45) is -0.0406. The molecule has 0 atom stereocenters. The molecule has 1 heterocycles. The number of hydrogen-bond donors (Lipinski definition) is 1. The van der Waals surface area contributed by atoms with Gasteiger partial charge in [0.05, 0.1) is 33.0 Å². The van der Waals surface area contributed by atoms with Gasteiger partial charge >= 0.3 is 5.97 Å². The Bertz CT molecular complexity index is 1520. The average molecular weight is 546 g/mol. The first-order valence-corrected chi connectivity index (χ1v) is 14.2. The van der Waals surface area contributed by atoms with Crippen molar-refractivity contribution < 1.29 is 31.2 Å². The van der Waals surface area contributed by atoms with Crippen LogP contribution in [0.5, 0.6) is 0 Å². The van der Waals surface area contributed by atoms with E-state index in [1.165, 1.54) is 47.0 Å². The number of primary sulfonamides is 1. The molecule has 0 fully saturated rings. The Balaban J connectivity index is 2.02. The summed E-state index contributed by atoms with van der Waals surface area (Å²) < 4.78 is 55.4. The topological polar surface area (TPSA) is 155 Å². The van der Waals surface area contributed by atoms with Gasteiger partial charge in [-0.25, -0.2) is 22.0 Å². The van der Waals surface area contributed by atoms with E-state index in [-0.39, 0.29) is 34.2 Å². The van der Waals surface area contributed by atoms with Gasteiger partial charge in [0.2, 0.25) is 10.0 Å². The first kappa shape index (κ1) is 26.0. The molecule has 14 heteroatoms. The molecule has 10 nitrogen and oxygen atoms in total. The van der Waals surface area contributed by atoms with Crippen LogP contribution in [0.4, 0.5) is 0 Å². The van der Waals surface area contributed by atoms with Gasteiger partial charge in [-0.2, -0.15) is 4.99 Å². The zero-order valence-corrected chi connectivity index (χ0v) is 21.0. The standard InChI is InChI=1S/C20H20ClN3O7S3/c1-2-31-19(26)9-10-24-16-8-7-15(34(22,29)30)11-17(16)32-20(24)23-18(25)12-33(27,28)14-5-3-13(21)4-6-14/h3-8,11H,2,9-10,12H2,1H3,(H2,22,29,30). The van der Waals surface area contributed by atoms with E-state index in [4.69, 9.17) is 21.5 Å². The van der Waals surface area contributed by atoms with Crippen LogP contribution < -0.4 is 9.94 Å². The molecule has 0 aliphatic carbocycles. The van der Waals surface area contributed by atoms with Crippen LogP contribution in [-0.2, 0) is 40.7 Å². The highest BCUT2D eigenvalue weighted by atomic mass is 35.5. The Morgan fingerprint density at radius 2 is 1.74 bits per heavy atom. The number of thiazole rings is 1. The van der Waals surface area contributed by atoms with E-state index < -0.39 is 37.5 Å². The van der Waals surface area contributed by atoms with Gasteiger partial charge in [0.1, 0.15) is 5.75 Å². The SMILES string of the molecule is CCOC(=O)CCn1c(=NC(=O)CS(=O)(=O)c2ccc(Cl)cc2)sc2cc(S(N)(=O)=O)ccc21. The van der Waals surface area contributed by atoms with Crippen molar-refractivity contribution in [3.63, 3.8) is 0 Å². The third-order valence-corrected chi connectivity index (χ3v) is 8.36. The molecule has 0 saturated carbocycles. The number of ether oxygens (including phenoxy) is 1. The summed E-state index contributed by atoms with van der Waals surface area (Å²) in [5, 5.41) is 5.54. The Labute approximate surface area is 204 Å². The molecular weight excluding hydrogens is 526 g/mol. The second kappa shape index (κ2) is 10.4. The second-order valence-corrected chi connectivity index (χ2v) is 12.0. The van der Waals surface area contributed by atoms with Crippen molar-refractivity contribution in [2.45, 2.75) is 29.7 Å². The quantitative estimate of drug-likeness (QED) is 0.423. The molecule has 182 valence electrons. The maximum atomic E-state index is 12.6. The molecular formula is C20H20ClN3O7S3. The lowest BCUT2D eigenvalue weighted by Crippen LogP contribution is -2.22. The van der Waals surface area contributed by atoms with Crippen molar-refractivity contribution >= 4 is 64.9 Å². The number of carbonyl (C=O) groups is 2. The summed E-state index contributed by atoms with van der Waals surface area (Å²) in [4.78, 5) is 28.3. The van der Waals surface area contributed by atoms with Crippen LogP contribution in [0, 0.1) is 0 Å². The molecule has 1 amide bonds. The van der Waals surface area contributed by atoms with E-state index in [9.17, 15) is 26.4 Å². The first-order chi connectivity index (χ1) is 15.9. The van der Waals surface area contributed by atoms with Crippen molar-refractivity contribution in [2.24, 2.45) is 10.1 Å². The smallest absolute Gasteiger partial charge is 0.307 e. The van der Waals surface area contributed by atoms with Gasteiger partial charge in [-0.1, -0.05) is 22.9 Å². The van der Waals surface area contributed by atoms with E-state index in [1.807, 2.05) is 0 Å². The minimum Gasteiger partial charge on any atom is -0.466 e. The Morgan fingerprint density at radius 3 is 2.35 bits per heavy atom. The van der Waals surface area contributed by atoms with E-state index in [1.54, 1.807) is 6.92 Å². The van der Waals surface area contributed by atoms with E-state index in [0.717, 1.165) is 11.3 Å². The summed E-state index contributed by atoms with van der Waals surface area (Å²) in [6, 6.07) is 9.47. The lowest BCUT2D eigenvalue weighted by atomic mass is 10.3. The number of amides is 1. The lowest BCUT2D eigenvalue weighted by molar-refractivity contribution is -0.143. The van der Waals surface area contributed by atoms with Gasteiger partial charge < -0.3 is 9.30 Å². The molecule has 2 aromatic carbocycles. The Hall–Kier alpha value is -2.58. The number of esters is 1. The van der Waals surface area contributed by atoms with Gasteiger partial charge in [0.25, 0.3) is 5.91 Å². The van der Waals surface area contributed by atoms with Crippen LogP contribution in [0.15, 0.2) is 57.2 Å². The summed E-state index contributed by atoms with van der Waals surface area (Å²) >= 11 is 6.74. The molecule has 0 bridgehead atoms. The van der Waals surface area contributed by atoms with Crippen molar-refractivity contribution in [2.75, 3.05) is 12.4 Å². The van der Waals surface area contributed by atoms with Crippen LogP contribution in [0.1, 0.15) is 13.3 Å². The maximum absolute atomic E-state index is 12.6. The average Bonchev–Trinajstić information content (AvgIpc) is 3.07. The van der Waals surface area contributed by atoms with Crippen molar-refractivity contribution in [1.82, 2.24) is 4.57 Å². The van der Waals surface area contributed by atoms with E-state index >= 15 is 0 Å². The normalized spacial score (nSPS) is 12.7. The Morgan fingerprint density at radius 1 is 1.09 bits per heavy atom. The zero-order chi connectivity index (χ0) is 25.1. The summed E-state index contributed by atoms with van der Waals surface area (Å²) in [5.74, 6) is -2.29. The molecule has 3 aromatic rings. The van der Waals surface area contributed by atoms with Crippen LogP contribution in [-0.4, -0.2) is 45.6 Å². The third-order valence-electron chi connectivity index (χ3n) is 4.53. The van der Waals surface area contributed by atoms with E-state index in [0.29, 0.717) is 15.2 Å². The number of nitrogens with two attached hydrogens (primary N) is 1. The number of nitrogens with zero attached hydrogens (tertiary/aromatic N) is 2. The maximum Gasteiger partial charge on any atom is 0.307 e. The molecule has 0 aliphatic rings. The molecule has 3 rings (SSSR count). The van der Waals surface area contributed by atoms with Crippen molar-refractivity contribution in [1.29, 1.82) is 0 Å². The number of fused-ring (bicyclic) bond motifs is 1. The third kappa shape index (κ3) is 6.30. The van der Waals surface area contributed by atoms with Gasteiger partial charge in [-0.15, -0.1) is 0 Å². The second-order valence-electron chi connectivity index (χ2n) is 6.98. The molecule has 0 spiro atoms. The number of aromatic nitrogens is 1. The molecule has 0 saturated heterocycles. The van der Waals surface area contributed by atoms with Gasteiger partial charge in [-0.3, -0.25) is 9.59 Å². The fourth-order valence-electron chi connectivity index (χ4n) is 2.99. The number of sulfonamides is 1. The Kier molecular flexibility index (Phi) is 7.93. The molecule has 0 aliphatic heterocycles. The van der Waals surface area contributed by atoms with Crippen LogP contribution >= 0.6 is 22.9 Å². The molecule has 1 aromatic heterocycles. The first-order valence-electron chi connectivity index (χ1n) is 9.78. The van der Waals surface area contributed by atoms with Gasteiger partial charge in [-0.05, 0) is 49.4 Å². The highest BCUT2D eigenvalue weighted by Crippen LogP contribution is 2.22. The zero-order valence-electron chi connectivity index (χ0n) is 17.8. The number of halogens is 1.